The lowest BCUT2D eigenvalue weighted by Crippen LogP contribution is -2.27. The van der Waals surface area contributed by atoms with Gasteiger partial charge in [-0.15, -0.1) is 0 Å². The van der Waals surface area contributed by atoms with E-state index >= 15 is 0 Å². The highest BCUT2D eigenvalue weighted by atomic mass is 16.3. The van der Waals surface area contributed by atoms with Gasteiger partial charge in [0.2, 0.25) is 5.91 Å². The van der Waals surface area contributed by atoms with Gasteiger partial charge in [-0.2, -0.15) is 0 Å². The number of anilines is 1. The molecule has 2 aromatic heterocycles. The summed E-state index contributed by atoms with van der Waals surface area (Å²) in [6, 6.07) is 8.63. The molecule has 3 rings (SSSR count). The van der Waals surface area contributed by atoms with Gasteiger partial charge in [-0.1, -0.05) is 6.07 Å². The number of phenols is 1. The van der Waals surface area contributed by atoms with Crippen LogP contribution in [0.5, 0.6) is 5.75 Å². The molecule has 0 spiro atoms. The SMILES string of the molecule is Cc1cc(O)ccc1NC(=O)CCCNC(=O)c1c(C)nc2c(C)cccn12. The number of fused-ring (bicyclic) bond motifs is 1. The first-order valence-electron chi connectivity index (χ1n) is 9.18. The molecule has 3 aromatic rings. The van der Waals surface area contributed by atoms with Crippen LogP contribution in [0, 0.1) is 20.8 Å². The van der Waals surface area contributed by atoms with Crippen molar-refractivity contribution in [3.05, 3.63) is 59.0 Å². The summed E-state index contributed by atoms with van der Waals surface area (Å²) in [6.45, 7) is 5.97. The van der Waals surface area contributed by atoms with Crippen molar-refractivity contribution in [1.29, 1.82) is 0 Å². The maximum atomic E-state index is 12.6. The average Bonchev–Trinajstić information content (AvgIpc) is 2.98. The van der Waals surface area contributed by atoms with Crippen molar-refractivity contribution in [2.75, 3.05) is 11.9 Å². The zero-order valence-electron chi connectivity index (χ0n) is 16.2. The molecule has 0 aliphatic rings. The molecular formula is C21H24N4O3. The Balaban J connectivity index is 1.53. The van der Waals surface area contributed by atoms with E-state index in [4.69, 9.17) is 0 Å². The van der Waals surface area contributed by atoms with Crippen LogP contribution < -0.4 is 10.6 Å². The normalized spacial score (nSPS) is 10.8. The third-order valence-corrected chi connectivity index (χ3v) is 4.58. The fourth-order valence-electron chi connectivity index (χ4n) is 3.13. The van der Waals surface area contributed by atoms with Crippen LogP contribution in [0.1, 0.15) is 40.2 Å². The Bertz CT molecular complexity index is 1040. The summed E-state index contributed by atoms with van der Waals surface area (Å²) in [4.78, 5) is 29.1. The quantitative estimate of drug-likeness (QED) is 0.452. The van der Waals surface area contributed by atoms with Gasteiger partial charge in [0.05, 0.1) is 5.69 Å². The Hall–Kier alpha value is -3.35. The number of benzene rings is 1. The van der Waals surface area contributed by atoms with Crippen LogP contribution in [0.2, 0.25) is 0 Å². The van der Waals surface area contributed by atoms with Crippen LogP contribution in [0.4, 0.5) is 5.69 Å². The van der Waals surface area contributed by atoms with Crippen molar-refractivity contribution in [1.82, 2.24) is 14.7 Å². The van der Waals surface area contributed by atoms with Crippen molar-refractivity contribution < 1.29 is 14.7 Å². The van der Waals surface area contributed by atoms with Crippen molar-refractivity contribution in [2.24, 2.45) is 0 Å². The van der Waals surface area contributed by atoms with Crippen LogP contribution in [0.25, 0.3) is 5.65 Å². The monoisotopic (exact) mass is 380 g/mol. The number of amides is 2. The van der Waals surface area contributed by atoms with E-state index in [1.807, 2.05) is 39.1 Å². The second-order valence-electron chi connectivity index (χ2n) is 6.84. The molecule has 0 aliphatic heterocycles. The highest BCUT2D eigenvalue weighted by molar-refractivity contribution is 5.95. The van der Waals surface area contributed by atoms with Crippen molar-refractivity contribution in [3.63, 3.8) is 0 Å². The molecule has 7 heteroatoms. The molecule has 2 amide bonds. The smallest absolute Gasteiger partial charge is 0.270 e. The molecule has 0 bridgehead atoms. The number of hydrogen-bond acceptors (Lipinski definition) is 4. The van der Waals surface area contributed by atoms with Gasteiger partial charge >= 0.3 is 0 Å². The molecule has 0 aliphatic carbocycles. The first kappa shape index (κ1) is 19.4. The number of nitrogens with one attached hydrogen (secondary N) is 2. The molecule has 28 heavy (non-hydrogen) atoms. The van der Waals surface area contributed by atoms with E-state index < -0.39 is 0 Å². The van der Waals surface area contributed by atoms with Gasteiger partial charge in [0.25, 0.3) is 5.91 Å². The lowest BCUT2D eigenvalue weighted by atomic mass is 10.2. The molecule has 0 radical (unpaired) electrons. The van der Waals surface area contributed by atoms with Crippen LogP contribution in [0.15, 0.2) is 36.5 Å². The van der Waals surface area contributed by atoms with Gasteiger partial charge in [0.1, 0.15) is 17.1 Å². The molecule has 0 atom stereocenters. The molecule has 1 aromatic carbocycles. The topological polar surface area (TPSA) is 95.7 Å². The number of rotatable bonds is 6. The number of nitrogens with zero attached hydrogens (tertiary/aromatic N) is 2. The molecule has 2 heterocycles. The minimum atomic E-state index is -0.203. The molecule has 0 saturated carbocycles. The van der Waals surface area contributed by atoms with E-state index in [9.17, 15) is 14.7 Å². The highest BCUT2D eigenvalue weighted by Gasteiger charge is 2.17. The lowest BCUT2D eigenvalue weighted by molar-refractivity contribution is -0.116. The number of aromatic hydroxyl groups is 1. The summed E-state index contributed by atoms with van der Waals surface area (Å²) < 4.78 is 1.79. The third-order valence-electron chi connectivity index (χ3n) is 4.58. The number of pyridine rings is 1. The van der Waals surface area contributed by atoms with Gasteiger partial charge in [-0.25, -0.2) is 4.98 Å². The predicted octanol–water partition coefficient (Wildman–Crippen LogP) is 3.11. The molecule has 0 fully saturated rings. The molecule has 146 valence electrons. The van der Waals surface area contributed by atoms with E-state index in [0.717, 1.165) is 16.8 Å². The second-order valence-corrected chi connectivity index (χ2v) is 6.84. The standard InChI is InChI=1S/C21H24N4O3/c1-13-6-5-11-25-19(15(3)23-20(13)25)21(28)22-10-4-7-18(27)24-17-9-8-16(26)12-14(17)2/h5-6,8-9,11-12,26H,4,7,10H2,1-3H3,(H,22,28)(H,24,27). The maximum absolute atomic E-state index is 12.6. The zero-order chi connectivity index (χ0) is 20.3. The van der Waals surface area contributed by atoms with Crippen molar-refractivity contribution in [3.8, 4) is 5.75 Å². The minimum absolute atomic E-state index is 0.135. The van der Waals surface area contributed by atoms with Crippen LogP contribution in [0.3, 0.4) is 0 Å². The molecule has 7 nitrogen and oxygen atoms in total. The van der Waals surface area contributed by atoms with Gasteiger partial charge < -0.3 is 15.7 Å². The van der Waals surface area contributed by atoms with Crippen LogP contribution in [-0.4, -0.2) is 32.9 Å². The molecular weight excluding hydrogens is 356 g/mol. The van der Waals surface area contributed by atoms with E-state index in [-0.39, 0.29) is 24.0 Å². The summed E-state index contributed by atoms with van der Waals surface area (Å²) >= 11 is 0. The summed E-state index contributed by atoms with van der Waals surface area (Å²) in [5.74, 6) is -0.175. The fraction of sp³-hybridized carbons (Fsp3) is 0.286. The minimum Gasteiger partial charge on any atom is -0.508 e. The summed E-state index contributed by atoms with van der Waals surface area (Å²) in [5.41, 5.74) is 4.43. The number of imidazole rings is 1. The molecule has 0 unspecified atom stereocenters. The zero-order valence-corrected chi connectivity index (χ0v) is 16.2. The Morgan fingerprint density at radius 2 is 1.93 bits per heavy atom. The maximum Gasteiger partial charge on any atom is 0.270 e. The molecule has 3 N–H and O–H groups in total. The summed E-state index contributed by atoms with van der Waals surface area (Å²) in [6.07, 6.45) is 2.63. The number of phenolic OH excluding ortho intramolecular Hbond substituents is 1. The van der Waals surface area contributed by atoms with Crippen LogP contribution in [-0.2, 0) is 4.79 Å². The average molecular weight is 380 g/mol. The van der Waals surface area contributed by atoms with E-state index in [2.05, 4.69) is 15.6 Å². The third kappa shape index (κ3) is 4.14. The second kappa shape index (κ2) is 8.12. The van der Waals surface area contributed by atoms with Crippen molar-refractivity contribution >= 4 is 23.1 Å². The van der Waals surface area contributed by atoms with Crippen molar-refractivity contribution in [2.45, 2.75) is 33.6 Å². The van der Waals surface area contributed by atoms with Gasteiger partial charge in [-0.3, -0.25) is 14.0 Å². The van der Waals surface area contributed by atoms with E-state index in [1.165, 1.54) is 6.07 Å². The number of carbonyl (C=O) groups excluding carboxylic acids is 2. The lowest BCUT2D eigenvalue weighted by Gasteiger charge is -2.09. The first-order chi connectivity index (χ1) is 13.4. The van der Waals surface area contributed by atoms with Crippen LogP contribution >= 0.6 is 0 Å². The highest BCUT2D eigenvalue weighted by Crippen LogP contribution is 2.20. The predicted molar refractivity (Wildman–Crippen MR) is 108 cm³/mol. The number of hydrogen-bond donors (Lipinski definition) is 3. The molecule has 0 saturated heterocycles. The van der Waals surface area contributed by atoms with Gasteiger partial charge in [0, 0.05) is 24.8 Å². The van der Waals surface area contributed by atoms with E-state index in [0.29, 0.717) is 30.0 Å². The Kier molecular flexibility index (Phi) is 5.63. The summed E-state index contributed by atoms with van der Waals surface area (Å²) in [7, 11) is 0. The Morgan fingerprint density at radius 3 is 2.68 bits per heavy atom. The fourth-order valence-corrected chi connectivity index (χ4v) is 3.13. The first-order valence-corrected chi connectivity index (χ1v) is 9.18. The summed E-state index contributed by atoms with van der Waals surface area (Å²) in [5, 5.41) is 15.1. The number of carbonyl (C=O) groups is 2. The number of aryl methyl sites for hydroxylation is 3. The van der Waals surface area contributed by atoms with E-state index in [1.54, 1.807) is 16.5 Å². The Labute approximate surface area is 163 Å². The Morgan fingerprint density at radius 1 is 1.14 bits per heavy atom. The number of aromatic nitrogens is 2. The van der Waals surface area contributed by atoms with Gasteiger partial charge in [0.15, 0.2) is 0 Å². The van der Waals surface area contributed by atoms with Gasteiger partial charge in [-0.05, 0) is 62.6 Å². The largest absolute Gasteiger partial charge is 0.508 e.